The molecule has 0 fully saturated rings. The summed E-state index contributed by atoms with van der Waals surface area (Å²) in [7, 11) is 1.59. The normalized spacial score (nSPS) is 12.0. The maximum Gasteiger partial charge on any atom is 0.252 e. The molecule has 0 saturated heterocycles. The molecule has 1 aromatic heterocycles. The molecule has 6 nitrogen and oxygen atoms in total. The lowest BCUT2D eigenvalue weighted by Crippen LogP contribution is -2.32. The van der Waals surface area contributed by atoms with E-state index in [2.05, 4.69) is 15.5 Å². The lowest BCUT2D eigenvalue weighted by molar-refractivity contribution is 0.0913. The molecule has 0 aliphatic heterocycles. The van der Waals surface area contributed by atoms with Crippen LogP contribution in [0.1, 0.15) is 36.1 Å². The molecule has 0 radical (unpaired) electrons. The van der Waals surface area contributed by atoms with Crippen LogP contribution in [0.5, 0.6) is 5.75 Å². The third kappa shape index (κ3) is 4.31. The Morgan fingerprint density at radius 1 is 1.19 bits per heavy atom. The Labute approximate surface area is 156 Å². The fourth-order valence-electron chi connectivity index (χ4n) is 2.59. The van der Waals surface area contributed by atoms with E-state index in [1.54, 1.807) is 25.3 Å². The smallest absolute Gasteiger partial charge is 0.252 e. The number of amides is 1. The summed E-state index contributed by atoms with van der Waals surface area (Å²) >= 11 is 0. The van der Waals surface area contributed by atoms with Gasteiger partial charge in [-0.25, -0.2) is 4.39 Å². The number of hydrogen-bond acceptors (Lipinski definition) is 5. The first-order valence-electron chi connectivity index (χ1n) is 8.52. The van der Waals surface area contributed by atoms with Crippen molar-refractivity contribution in [3.63, 3.8) is 0 Å². The van der Waals surface area contributed by atoms with Crippen molar-refractivity contribution in [2.24, 2.45) is 5.92 Å². The van der Waals surface area contributed by atoms with Crippen LogP contribution in [-0.4, -0.2) is 23.2 Å². The maximum absolute atomic E-state index is 13.4. The van der Waals surface area contributed by atoms with Gasteiger partial charge in [0.2, 0.25) is 11.7 Å². The number of ether oxygens (including phenoxy) is 1. The molecule has 3 rings (SSSR count). The molecule has 0 spiro atoms. The quantitative estimate of drug-likeness (QED) is 0.710. The van der Waals surface area contributed by atoms with Crippen LogP contribution >= 0.6 is 0 Å². The van der Waals surface area contributed by atoms with E-state index in [0.29, 0.717) is 11.7 Å². The summed E-state index contributed by atoms with van der Waals surface area (Å²) in [5.41, 5.74) is 1.00. The van der Waals surface area contributed by atoms with Gasteiger partial charge in [0.05, 0.1) is 7.11 Å². The highest BCUT2D eigenvalue weighted by atomic mass is 19.1. The largest absolute Gasteiger partial charge is 0.497 e. The Morgan fingerprint density at radius 3 is 2.56 bits per heavy atom. The van der Waals surface area contributed by atoms with Crippen LogP contribution in [0.15, 0.2) is 53.1 Å². The fourth-order valence-corrected chi connectivity index (χ4v) is 2.59. The van der Waals surface area contributed by atoms with Crippen molar-refractivity contribution in [3.8, 4) is 17.1 Å². The molecule has 0 saturated carbocycles. The first kappa shape index (κ1) is 18.6. The maximum atomic E-state index is 13.4. The molecule has 2 aromatic carbocycles. The molecule has 1 amide bonds. The average molecular weight is 369 g/mol. The topological polar surface area (TPSA) is 77.3 Å². The molecule has 0 unspecified atom stereocenters. The second-order valence-electron chi connectivity index (χ2n) is 6.39. The van der Waals surface area contributed by atoms with Crippen molar-refractivity contribution in [2.45, 2.75) is 19.9 Å². The zero-order valence-electron chi connectivity index (χ0n) is 15.3. The molecule has 0 aliphatic carbocycles. The van der Waals surface area contributed by atoms with E-state index in [4.69, 9.17) is 9.26 Å². The third-order valence-electron chi connectivity index (χ3n) is 4.10. The van der Waals surface area contributed by atoms with E-state index in [1.807, 2.05) is 26.0 Å². The molecule has 1 N–H and O–H groups in total. The van der Waals surface area contributed by atoms with Crippen LogP contribution < -0.4 is 10.1 Å². The molecular weight excluding hydrogens is 349 g/mol. The minimum absolute atomic E-state index is 0.00771. The van der Waals surface area contributed by atoms with Gasteiger partial charge < -0.3 is 14.6 Å². The molecule has 1 heterocycles. The minimum Gasteiger partial charge on any atom is -0.497 e. The number of rotatable bonds is 6. The molecule has 140 valence electrons. The molecule has 0 aliphatic rings. The molecular formula is C20H20FN3O3. The summed E-state index contributed by atoms with van der Waals surface area (Å²) in [6.07, 6.45) is 0. The van der Waals surface area contributed by atoms with Crippen LogP contribution in [0.25, 0.3) is 11.4 Å². The number of methoxy groups -OCH3 is 1. The van der Waals surface area contributed by atoms with E-state index in [1.165, 1.54) is 18.2 Å². The second-order valence-corrected chi connectivity index (χ2v) is 6.39. The Morgan fingerprint density at radius 2 is 1.93 bits per heavy atom. The summed E-state index contributed by atoms with van der Waals surface area (Å²) in [6.45, 7) is 3.85. The zero-order valence-corrected chi connectivity index (χ0v) is 15.3. The summed E-state index contributed by atoms with van der Waals surface area (Å²) in [5, 5.41) is 6.84. The molecule has 0 bridgehead atoms. The molecule has 1 atom stereocenters. The van der Waals surface area contributed by atoms with Gasteiger partial charge in [0, 0.05) is 11.1 Å². The number of halogens is 1. The number of carbonyl (C=O) groups excluding carboxylic acids is 1. The van der Waals surface area contributed by atoms with Crippen molar-refractivity contribution in [3.05, 3.63) is 65.8 Å². The van der Waals surface area contributed by atoms with E-state index in [0.717, 1.165) is 11.3 Å². The Hall–Kier alpha value is -3.22. The Balaban J connectivity index is 1.81. The lowest BCUT2D eigenvalue weighted by atomic mass is 10.0. The van der Waals surface area contributed by atoms with Gasteiger partial charge in [-0.15, -0.1) is 0 Å². The van der Waals surface area contributed by atoms with Crippen LogP contribution in [0, 0.1) is 11.7 Å². The van der Waals surface area contributed by atoms with Gasteiger partial charge in [-0.2, -0.15) is 4.98 Å². The third-order valence-corrected chi connectivity index (χ3v) is 4.10. The van der Waals surface area contributed by atoms with Crippen LogP contribution in [0.3, 0.4) is 0 Å². The van der Waals surface area contributed by atoms with Crippen LogP contribution in [0.4, 0.5) is 4.39 Å². The highest BCUT2D eigenvalue weighted by Crippen LogP contribution is 2.25. The van der Waals surface area contributed by atoms with E-state index in [-0.39, 0.29) is 11.5 Å². The number of carbonyl (C=O) groups is 1. The van der Waals surface area contributed by atoms with E-state index in [9.17, 15) is 9.18 Å². The summed E-state index contributed by atoms with van der Waals surface area (Å²) in [4.78, 5) is 16.9. The summed E-state index contributed by atoms with van der Waals surface area (Å²) in [6, 6.07) is 12.3. The van der Waals surface area contributed by atoms with Gasteiger partial charge in [-0.05, 0) is 48.4 Å². The van der Waals surface area contributed by atoms with Gasteiger partial charge in [0.1, 0.15) is 17.6 Å². The predicted octanol–water partition coefficient (Wildman–Crippen LogP) is 4.01. The predicted molar refractivity (Wildman–Crippen MR) is 97.7 cm³/mol. The van der Waals surface area contributed by atoms with Gasteiger partial charge in [-0.3, -0.25) is 4.79 Å². The standard InChI is InChI=1S/C20H20FN3O3/c1-12(2)17(22-19(25)14-5-4-6-15(21)11-14)20-23-18(24-27-20)13-7-9-16(26-3)10-8-13/h4-12,17H,1-3H3,(H,22,25)/t17-/m0/s1. The number of hydrogen-bond donors (Lipinski definition) is 1. The van der Waals surface area contributed by atoms with Gasteiger partial charge in [0.15, 0.2) is 0 Å². The summed E-state index contributed by atoms with van der Waals surface area (Å²) in [5.74, 6) is 0.552. The van der Waals surface area contributed by atoms with Gasteiger partial charge in [0.25, 0.3) is 5.91 Å². The first-order chi connectivity index (χ1) is 13.0. The Bertz CT molecular complexity index is 922. The lowest BCUT2D eigenvalue weighted by Gasteiger charge is -2.18. The zero-order chi connectivity index (χ0) is 19.4. The van der Waals surface area contributed by atoms with Crippen LogP contribution in [-0.2, 0) is 0 Å². The van der Waals surface area contributed by atoms with Crippen molar-refractivity contribution in [2.75, 3.05) is 7.11 Å². The molecule has 7 heteroatoms. The number of nitrogens with one attached hydrogen (secondary N) is 1. The molecule has 27 heavy (non-hydrogen) atoms. The van der Waals surface area contributed by atoms with Crippen molar-refractivity contribution >= 4 is 5.91 Å². The molecule has 3 aromatic rings. The minimum atomic E-state index is -0.500. The van der Waals surface area contributed by atoms with Crippen molar-refractivity contribution in [1.82, 2.24) is 15.5 Å². The van der Waals surface area contributed by atoms with Crippen molar-refractivity contribution in [1.29, 1.82) is 0 Å². The first-order valence-corrected chi connectivity index (χ1v) is 8.52. The van der Waals surface area contributed by atoms with E-state index < -0.39 is 17.8 Å². The SMILES string of the molecule is COc1ccc(-c2noc([C@@H](NC(=O)c3cccc(F)c3)C(C)C)n2)cc1. The van der Waals surface area contributed by atoms with Crippen LogP contribution in [0.2, 0.25) is 0 Å². The monoisotopic (exact) mass is 369 g/mol. The fraction of sp³-hybridized carbons (Fsp3) is 0.250. The van der Waals surface area contributed by atoms with Crippen molar-refractivity contribution < 1.29 is 18.4 Å². The van der Waals surface area contributed by atoms with E-state index >= 15 is 0 Å². The highest BCUT2D eigenvalue weighted by Gasteiger charge is 2.25. The summed E-state index contributed by atoms with van der Waals surface area (Å²) < 4.78 is 23.9. The number of benzene rings is 2. The second kappa shape index (κ2) is 7.99. The van der Waals surface area contributed by atoms with Gasteiger partial charge in [-0.1, -0.05) is 25.1 Å². The Kier molecular flexibility index (Phi) is 5.49. The highest BCUT2D eigenvalue weighted by molar-refractivity contribution is 5.94. The average Bonchev–Trinajstić information content (AvgIpc) is 3.15. The number of aromatic nitrogens is 2. The van der Waals surface area contributed by atoms with Gasteiger partial charge >= 0.3 is 0 Å². The number of nitrogens with zero attached hydrogens (tertiary/aromatic N) is 2.